The number of alkyl halides is 3. The van der Waals surface area contributed by atoms with E-state index in [1.165, 1.54) is 18.2 Å². The van der Waals surface area contributed by atoms with Gasteiger partial charge in [-0.1, -0.05) is 23.7 Å². The van der Waals surface area contributed by atoms with Crippen molar-refractivity contribution in [3.8, 4) is 0 Å². The predicted octanol–water partition coefficient (Wildman–Crippen LogP) is 4.64. The zero-order valence-corrected chi connectivity index (χ0v) is 15.0. The maximum Gasteiger partial charge on any atom is 0.417 e. The van der Waals surface area contributed by atoms with Crippen molar-refractivity contribution in [1.29, 1.82) is 0 Å². The molecule has 2 heterocycles. The molecule has 0 saturated carbocycles. The van der Waals surface area contributed by atoms with Crippen molar-refractivity contribution in [3.05, 3.63) is 76.2 Å². The highest BCUT2D eigenvalue weighted by Crippen LogP contribution is 2.35. The van der Waals surface area contributed by atoms with E-state index in [2.05, 4.69) is 10.3 Å². The lowest BCUT2D eigenvalue weighted by Crippen LogP contribution is -2.20. The van der Waals surface area contributed by atoms with Gasteiger partial charge in [0.2, 0.25) is 5.91 Å². The number of hydrogen-bond donors (Lipinski definition) is 1. The largest absolute Gasteiger partial charge is 0.417 e. The molecule has 2 aromatic heterocycles. The van der Waals surface area contributed by atoms with Crippen molar-refractivity contribution in [3.63, 3.8) is 0 Å². The first-order valence-corrected chi connectivity index (χ1v) is 8.38. The molecule has 0 aliphatic rings. The van der Waals surface area contributed by atoms with Gasteiger partial charge < -0.3 is 9.72 Å². The summed E-state index contributed by atoms with van der Waals surface area (Å²) in [7, 11) is 0. The summed E-state index contributed by atoms with van der Waals surface area (Å²) in [5.41, 5.74) is 1.75. The number of carbonyl (C=O) groups excluding carboxylic acids is 1. The Hall–Kier alpha value is -2.80. The molecular weight excluding hydrogens is 379 g/mol. The van der Waals surface area contributed by atoms with Gasteiger partial charge in [0.25, 0.3) is 0 Å². The van der Waals surface area contributed by atoms with Crippen LogP contribution in [-0.4, -0.2) is 15.3 Å². The summed E-state index contributed by atoms with van der Waals surface area (Å²) in [4.78, 5) is 16.3. The maximum atomic E-state index is 12.9. The number of imidazole rings is 1. The van der Waals surface area contributed by atoms with Crippen LogP contribution >= 0.6 is 11.6 Å². The summed E-state index contributed by atoms with van der Waals surface area (Å²) in [5.74, 6) is -0.438. The first kappa shape index (κ1) is 19.0. The third-order valence-corrected chi connectivity index (χ3v) is 4.24. The molecule has 1 aromatic carbocycles. The standard InChI is InChI=1S/C19H15ClF3N3O/c1-12-3-2-4-17-25-14(11-26(12)17)10-24-18(27)8-6-13-5-7-16(20)15(9-13)19(21,22)23/h2-9,11H,10H2,1H3,(H,24,27). The van der Waals surface area contributed by atoms with Gasteiger partial charge in [-0.25, -0.2) is 4.98 Å². The van der Waals surface area contributed by atoms with Gasteiger partial charge in [-0.15, -0.1) is 0 Å². The fraction of sp³-hybridized carbons (Fsp3) is 0.158. The Kier molecular flexibility index (Phi) is 5.23. The van der Waals surface area contributed by atoms with Crippen molar-refractivity contribution >= 4 is 29.2 Å². The van der Waals surface area contributed by atoms with Crippen LogP contribution in [-0.2, 0) is 17.5 Å². The third kappa shape index (κ3) is 4.49. The molecule has 8 heteroatoms. The molecule has 0 spiro atoms. The van der Waals surface area contributed by atoms with Crippen LogP contribution < -0.4 is 5.32 Å². The number of rotatable bonds is 4. The lowest BCUT2D eigenvalue weighted by molar-refractivity contribution is -0.137. The van der Waals surface area contributed by atoms with Gasteiger partial charge in [-0.05, 0) is 42.8 Å². The first-order chi connectivity index (χ1) is 12.7. The van der Waals surface area contributed by atoms with E-state index >= 15 is 0 Å². The second kappa shape index (κ2) is 7.44. The Morgan fingerprint density at radius 1 is 1.30 bits per heavy atom. The second-order valence-corrected chi connectivity index (χ2v) is 6.32. The number of fused-ring (bicyclic) bond motifs is 1. The SMILES string of the molecule is Cc1cccc2nc(CNC(=O)C=Cc3ccc(Cl)c(C(F)(F)F)c3)cn12. The topological polar surface area (TPSA) is 46.4 Å². The Bertz CT molecular complexity index is 1020. The highest BCUT2D eigenvalue weighted by molar-refractivity contribution is 6.31. The van der Waals surface area contributed by atoms with Crippen molar-refractivity contribution in [1.82, 2.24) is 14.7 Å². The minimum Gasteiger partial charge on any atom is -0.347 e. The van der Waals surface area contributed by atoms with Gasteiger partial charge in [0.05, 0.1) is 22.8 Å². The highest BCUT2D eigenvalue weighted by atomic mass is 35.5. The number of nitrogens with zero attached hydrogens (tertiary/aromatic N) is 2. The van der Waals surface area contributed by atoms with Crippen LogP contribution in [0, 0.1) is 6.92 Å². The number of halogens is 4. The average molecular weight is 394 g/mol. The number of pyridine rings is 1. The molecule has 3 aromatic rings. The monoisotopic (exact) mass is 393 g/mol. The predicted molar refractivity (Wildman–Crippen MR) is 97.3 cm³/mol. The van der Waals surface area contributed by atoms with Crippen LogP contribution in [0.25, 0.3) is 11.7 Å². The molecule has 0 aliphatic heterocycles. The molecule has 0 saturated heterocycles. The van der Waals surface area contributed by atoms with E-state index in [0.29, 0.717) is 5.69 Å². The Labute approximate surface area is 158 Å². The van der Waals surface area contributed by atoms with E-state index in [0.717, 1.165) is 23.5 Å². The molecule has 3 rings (SSSR count). The summed E-state index contributed by atoms with van der Waals surface area (Å²) in [5, 5.41) is 2.27. The molecule has 0 aliphatic carbocycles. The molecule has 0 unspecified atom stereocenters. The fourth-order valence-electron chi connectivity index (χ4n) is 2.56. The van der Waals surface area contributed by atoms with Crippen LogP contribution in [0.2, 0.25) is 5.02 Å². The lowest BCUT2D eigenvalue weighted by atomic mass is 10.1. The molecule has 0 bridgehead atoms. The molecule has 27 heavy (non-hydrogen) atoms. The number of carbonyl (C=O) groups is 1. The second-order valence-electron chi connectivity index (χ2n) is 5.92. The summed E-state index contributed by atoms with van der Waals surface area (Å²) in [6.07, 6.45) is -0.257. The number of aromatic nitrogens is 2. The Morgan fingerprint density at radius 2 is 2.07 bits per heavy atom. The minimum absolute atomic E-state index is 0.207. The van der Waals surface area contributed by atoms with E-state index in [9.17, 15) is 18.0 Å². The highest BCUT2D eigenvalue weighted by Gasteiger charge is 2.33. The van der Waals surface area contributed by atoms with Crippen LogP contribution in [0.3, 0.4) is 0 Å². The van der Waals surface area contributed by atoms with Crippen LogP contribution in [0.4, 0.5) is 13.2 Å². The maximum absolute atomic E-state index is 12.9. The molecule has 0 atom stereocenters. The van der Waals surface area contributed by atoms with Crippen molar-refractivity contribution in [2.45, 2.75) is 19.6 Å². The fourth-order valence-corrected chi connectivity index (χ4v) is 2.78. The molecule has 140 valence electrons. The summed E-state index contributed by atoms with van der Waals surface area (Å²) in [6, 6.07) is 9.16. The van der Waals surface area contributed by atoms with Crippen LogP contribution in [0.1, 0.15) is 22.5 Å². The minimum atomic E-state index is -4.55. The molecule has 0 radical (unpaired) electrons. The molecular formula is C19H15ClF3N3O. The summed E-state index contributed by atoms with van der Waals surface area (Å²) < 4.78 is 40.5. The van der Waals surface area contributed by atoms with Crippen LogP contribution in [0.15, 0.2) is 48.7 Å². The smallest absolute Gasteiger partial charge is 0.347 e. The van der Waals surface area contributed by atoms with E-state index in [1.54, 1.807) is 0 Å². The van der Waals surface area contributed by atoms with Gasteiger partial charge in [0, 0.05) is 18.0 Å². The molecule has 4 nitrogen and oxygen atoms in total. The van der Waals surface area contributed by atoms with Crippen molar-refractivity contribution < 1.29 is 18.0 Å². The Morgan fingerprint density at radius 3 is 2.78 bits per heavy atom. The first-order valence-electron chi connectivity index (χ1n) is 8.00. The summed E-state index contributed by atoms with van der Waals surface area (Å²) >= 11 is 5.57. The Balaban J connectivity index is 1.66. The van der Waals surface area contributed by atoms with Crippen molar-refractivity contribution in [2.75, 3.05) is 0 Å². The summed E-state index contributed by atoms with van der Waals surface area (Å²) in [6.45, 7) is 2.15. The normalized spacial score (nSPS) is 12.0. The van der Waals surface area contributed by atoms with Gasteiger partial charge in [0.1, 0.15) is 5.65 Å². The van der Waals surface area contributed by atoms with E-state index in [-0.39, 0.29) is 17.1 Å². The van der Waals surface area contributed by atoms with E-state index < -0.39 is 17.6 Å². The zero-order valence-electron chi connectivity index (χ0n) is 14.2. The average Bonchev–Trinajstić information content (AvgIpc) is 3.03. The molecule has 0 fully saturated rings. The quantitative estimate of drug-likeness (QED) is 0.656. The number of nitrogens with one attached hydrogen (secondary N) is 1. The number of benzene rings is 1. The van der Waals surface area contributed by atoms with Crippen molar-refractivity contribution in [2.24, 2.45) is 0 Å². The third-order valence-electron chi connectivity index (χ3n) is 3.91. The van der Waals surface area contributed by atoms with Gasteiger partial charge in [-0.2, -0.15) is 13.2 Å². The van der Waals surface area contributed by atoms with Crippen LogP contribution in [0.5, 0.6) is 0 Å². The molecule has 1 N–H and O–H groups in total. The lowest BCUT2D eigenvalue weighted by Gasteiger charge is -2.09. The molecule has 1 amide bonds. The van der Waals surface area contributed by atoms with Gasteiger partial charge in [0.15, 0.2) is 0 Å². The van der Waals surface area contributed by atoms with Gasteiger partial charge >= 0.3 is 6.18 Å². The number of aryl methyl sites for hydroxylation is 1. The zero-order chi connectivity index (χ0) is 19.6. The van der Waals surface area contributed by atoms with E-state index in [4.69, 9.17) is 11.6 Å². The van der Waals surface area contributed by atoms with E-state index in [1.807, 2.05) is 35.7 Å². The van der Waals surface area contributed by atoms with Gasteiger partial charge in [-0.3, -0.25) is 4.79 Å². The number of hydrogen-bond acceptors (Lipinski definition) is 2. The number of amides is 1.